The van der Waals surface area contributed by atoms with Crippen molar-refractivity contribution in [3.63, 3.8) is 0 Å². The molecule has 122 valence electrons. The average Bonchev–Trinajstić information content (AvgIpc) is 2.61. The highest BCUT2D eigenvalue weighted by Crippen LogP contribution is 2.32. The van der Waals surface area contributed by atoms with Crippen LogP contribution in [0.5, 0.6) is 11.5 Å². The molecule has 1 N–H and O–H groups in total. The first kappa shape index (κ1) is 15.7. The van der Waals surface area contributed by atoms with Crippen molar-refractivity contribution in [2.75, 3.05) is 14.2 Å². The molecule has 2 aromatic carbocycles. The van der Waals surface area contributed by atoms with Crippen molar-refractivity contribution < 1.29 is 13.9 Å². The minimum absolute atomic E-state index is 0.147. The molecule has 0 aliphatic carbocycles. The Morgan fingerprint density at radius 2 is 1.67 bits per heavy atom. The van der Waals surface area contributed by atoms with Crippen LogP contribution in [0.15, 0.2) is 53.3 Å². The van der Waals surface area contributed by atoms with Crippen LogP contribution < -0.4 is 15.0 Å². The predicted octanol–water partition coefficient (Wildman–Crippen LogP) is 3.26. The van der Waals surface area contributed by atoms with Crippen LogP contribution in [0.25, 0.3) is 22.4 Å². The van der Waals surface area contributed by atoms with Crippen molar-refractivity contribution in [2.24, 2.45) is 0 Å². The van der Waals surface area contributed by atoms with Gasteiger partial charge in [0.2, 0.25) is 0 Å². The van der Waals surface area contributed by atoms with E-state index in [1.807, 2.05) is 12.1 Å². The maximum atomic E-state index is 14.0. The van der Waals surface area contributed by atoms with Crippen molar-refractivity contribution in [3.8, 4) is 33.9 Å². The third-order valence-electron chi connectivity index (χ3n) is 3.63. The van der Waals surface area contributed by atoms with E-state index >= 15 is 0 Å². The third kappa shape index (κ3) is 2.99. The van der Waals surface area contributed by atoms with E-state index in [4.69, 9.17) is 9.47 Å². The van der Waals surface area contributed by atoms with Gasteiger partial charge >= 0.3 is 0 Å². The fourth-order valence-corrected chi connectivity index (χ4v) is 2.43. The van der Waals surface area contributed by atoms with Gasteiger partial charge in [-0.05, 0) is 35.9 Å². The molecule has 1 aromatic heterocycles. The molecule has 24 heavy (non-hydrogen) atoms. The number of ether oxygens (including phenoxy) is 2. The Labute approximate surface area is 137 Å². The van der Waals surface area contributed by atoms with E-state index < -0.39 is 5.82 Å². The molecule has 0 fully saturated rings. The van der Waals surface area contributed by atoms with Gasteiger partial charge < -0.3 is 9.47 Å². The van der Waals surface area contributed by atoms with Gasteiger partial charge in [0.15, 0.2) is 11.6 Å². The summed E-state index contributed by atoms with van der Waals surface area (Å²) in [6.07, 6.45) is 0. The fraction of sp³-hybridized carbons (Fsp3) is 0.111. The fourth-order valence-electron chi connectivity index (χ4n) is 2.43. The summed E-state index contributed by atoms with van der Waals surface area (Å²) < 4.78 is 24.1. The summed E-state index contributed by atoms with van der Waals surface area (Å²) in [6, 6.07) is 13.2. The summed E-state index contributed by atoms with van der Waals surface area (Å²) in [5.74, 6) is 0.353. The smallest absolute Gasteiger partial charge is 0.264 e. The van der Waals surface area contributed by atoms with E-state index in [0.29, 0.717) is 22.6 Å². The van der Waals surface area contributed by atoms with Gasteiger partial charge in [-0.2, -0.15) is 5.10 Å². The van der Waals surface area contributed by atoms with Gasteiger partial charge in [-0.25, -0.2) is 9.49 Å². The lowest BCUT2D eigenvalue weighted by Crippen LogP contribution is -2.08. The number of rotatable bonds is 4. The number of hydrogen-bond donors (Lipinski definition) is 1. The van der Waals surface area contributed by atoms with Gasteiger partial charge in [0.25, 0.3) is 5.56 Å². The zero-order valence-corrected chi connectivity index (χ0v) is 13.2. The molecular formula is C18H15FN2O3. The van der Waals surface area contributed by atoms with Crippen LogP contribution in [-0.2, 0) is 0 Å². The number of aromatic nitrogens is 2. The molecule has 0 unspecified atom stereocenters. The number of nitrogens with one attached hydrogen (secondary N) is 1. The van der Waals surface area contributed by atoms with Crippen molar-refractivity contribution >= 4 is 0 Å². The lowest BCUT2D eigenvalue weighted by molar-refractivity contribution is 0.386. The van der Waals surface area contributed by atoms with Crippen molar-refractivity contribution in [1.29, 1.82) is 0 Å². The highest BCUT2D eigenvalue weighted by atomic mass is 19.1. The van der Waals surface area contributed by atoms with Gasteiger partial charge in [-0.3, -0.25) is 4.79 Å². The Morgan fingerprint density at radius 1 is 0.958 bits per heavy atom. The monoisotopic (exact) mass is 326 g/mol. The molecule has 3 rings (SSSR count). The molecule has 0 aliphatic rings. The quantitative estimate of drug-likeness (QED) is 0.799. The Kier molecular flexibility index (Phi) is 4.29. The van der Waals surface area contributed by atoms with E-state index in [1.54, 1.807) is 25.3 Å². The van der Waals surface area contributed by atoms with Crippen LogP contribution in [0.3, 0.4) is 0 Å². The highest BCUT2D eigenvalue weighted by molar-refractivity contribution is 5.80. The van der Waals surface area contributed by atoms with Gasteiger partial charge in [0, 0.05) is 17.2 Å². The number of H-pyrrole nitrogens is 1. The van der Waals surface area contributed by atoms with Crippen molar-refractivity contribution in [3.05, 3.63) is 64.7 Å². The first-order valence-electron chi connectivity index (χ1n) is 7.20. The summed E-state index contributed by atoms with van der Waals surface area (Å²) in [5.41, 5.74) is 2.06. The number of nitrogens with zero attached hydrogens (tertiary/aromatic N) is 1. The molecule has 0 amide bonds. The molecule has 1 heterocycles. The summed E-state index contributed by atoms with van der Waals surface area (Å²) in [5, 5.41) is 6.48. The molecule has 0 aliphatic heterocycles. The Morgan fingerprint density at radius 3 is 2.29 bits per heavy atom. The van der Waals surface area contributed by atoms with Crippen LogP contribution >= 0.6 is 0 Å². The largest absolute Gasteiger partial charge is 0.497 e. The maximum absolute atomic E-state index is 14.0. The topological polar surface area (TPSA) is 64.2 Å². The molecule has 6 heteroatoms. The van der Waals surface area contributed by atoms with Crippen LogP contribution in [0, 0.1) is 5.82 Å². The number of benzene rings is 2. The summed E-state index contributed by atoms with van der Waals surface area (Å²) in [7, 11) is 2.98. The molecule has 0 saturated heterocycles. The Hall–Kier alpha value is -3.15. The van der Waals surface area contributed by atoms with Gasteiger partial charge in [-0.15, -0.1) is 0 Å². The zero-order valence-electron chi connectivity index (χ0n) is 13.2. The molecule has 5 nitrogen and oxygen atoms in total. The lowest BCUT2D eigenvalue weighted by atomic mass is 10.00. The lowest BCUT2D eigenvalue weighted by Gasteiger charge is -2.10. The first-order chi connectivity index (χ1) is 11.6. The van der Waals surface area contributed by atoms with Crippen molar-refractivity contribution in [1.82, 2.24) is 10.2 Å². The van der Waals surface area contributed by atoms with Crippen LogP contribution in [0.4, 0.5) is 4.39 Å². The second-order valence-electron chi connectivity index (χ2n) is 5.07. The second kappa shape index (κ2) is 6.54. The van der Waals surface area contributed by atoms with Gasteiger partial charge in [0.1, 0.15) is 5.75 Å². The van der Waals surface area contributed by atoms with E-state index in [9.17, 15) is 9.18 Å². The minimum atomic E-state index is -0.497. The maximum Gasteiger partial charge on any atom is 0.264 e. The minimum Gasteiger partial charge on any atom is -0.497 e. The molecule has 0 saturated carbocycles. The number of hydrogen-bond acceptors (Lipinski definition) is 4. The molecule has 0 spiro atoms. The number of aromatic amines is 1. The summed E-state index contributed by atoms with van der Waals surface area (Å²) >= 11 is 0. The normalized spacial score (nSPS) is 10.5. The predicted molar refractivity (Wildman–Crippen MR) is 88.8 cm³/mol. The molecule has 0 bridgehead atoms. The molecule has 0 atom stereocenters. The summed E-state index contributed by atoms with van der Waals surface area (Å²) in [6.45, 7) is 0. The summed E-state index contributed by atoms with van der Waals surface area (Å²) in [4.78, 5) is 11.7. The van der Waals surface area contributed by atoms with Crippen LogP contribution in [-0.4, -0.2) is 24.4 Å². The van der Waals surface area contributed by atoms with Gasteiger partial charge in [0.05, 0.1) is 19.9 Å². The molecular weight excluding hydrogens is 311 g/mol. The van der Waals surface area contributed by atoms with E-state index in [-0.39, 0.29) is 11.3 Å². The van der Waals surface area contributed by atoms with Gasteiger partial charge in [-0.1, -0.05) is 12.1 Å². The first-order valence-corrected chi connectivity index (χ1v) is 7.20. The number of halogens is 1. The van der Waals surface area contributed by atoms with E-state index in [1.165, 1.54) is 25.3 Å². The Balaban J connectivity index is 2.14. The SMILES string of the molecule is COc1ccc(-c2cc(=O)[nH]nc2-c2ccc(OC)c(F)c2)cc1. The molecule has 0 radical (unpaired) electrons. The van der Waals surface area contributed by atoms with E-state index in [0.717, 1.165) is 5.56 Å². The Bertz CT molecular complexity index is 920. The zero-order chi connectivity index (χ0) is 17.1. The van der Waals surface area contributed by atoms with E-state index in [2.05, 4.69) is 10.2 Å². The number of methoxy groups -OCH3 is 2. The average molecular weight is 326 g/mol. The highest BCUT2D eigenvalue weighted by Gasteiger charge is 2.13. The van der Waals surface area contributed by atoms with Crippen LogP contribution in [0.2, 0.25) is 0 Å². The third-order valence-corrected chi connectivity index (χ3v) is 3.63. The van der Waals surface area contributed by atoms with Crippen LogP contribution in [0.1, 0.15) is 0 Å². The second-order valence-corrected chi connectivity index (χ2v) is 5.07. The standard InChI is InChI=1S/C18H15FN2O3/c1-23-13-6-3-11(4-7-13)14-10-17(22)20-21-18(14)12-5-8-16(24-2)15(19)9-12/h3-10H,1-2H3,(H,20,22). The molecule has 3 aromatic rings. The van der Waals surface area contributed by atoms with Crippen molar-refractivity contribution in [2.45, 2.75) is 0 Å².